The van der Waals surface area contributed by atoms with Crippen molar-refractivity contribution in [2.24, 2.45) is 5.92 Å². The van der Waals surface area contributed by atoms with Crippen LogP contribution in [0.25, 0.3) is 11.1 Å². The summed E-state index contributed by atoms with van der Waals surface area (Å²) in [6.45, 7) is 5.06. The van der Waals surface area contributed by atoms with Crippen molar-refractivity contribution in [3.8, 4) is 16.9 Å². The van der Waals surface area contributed by atoms with Gasteiger partial charge in [-0.15, -0.1) is 0 Å². The van der Waals surface area contributed by atoms with Gasteiger partial charge in [0.2, 0.25) is 11.8 Å². The molecule has 2 aromatic rings. The maximum atomic E-state index is 12.4. The summed E-state index contributed by atoms with van der Waals surface area (Å²) in [5.74, 6) is 0.897. The predicted octanol–water partition coefficient (Wildman–Crippen LogP) is 2.56. The lowest BCUT2D eigenvalue weighted by Crippen LogP contribution is -2.44. The molecule has 1 fully saturated rings. The van der Waals surface area contributed by atoms with Crippen LogP contribution in [0.3, 0.4) is 0 Å². The second kappa shape index (κ2) is 8.91. The van der Waals surface area contributed by atoms with Crippen LogP contribution in [-0.4, -0.2) is 53.7 Å². The van der Waals surface area contributed by atoms with Gasteiger partial charge in [0.15, 0.2) is 0 Å². The first-order valence-electron chi connectivity index (χ1n) is 9.72. The number of amides is 2. The van der Waals surface area contributed by atoms with Crippen molar-refractivity contribution in [1.29, 1.82) is 0 Å². The molecule has 150 valence electrons. The van der Waals surface area contributed by atoms with Crippen LogP contribution < -0.4 is 10.1 Å². The van der Waals surface area contributed by atoms with E-state index in [0.29, 0.717) is 19.0 Å². The van der Waals surface area contributed by atoms with Crippen molar-refractivity contribution in [3.05, 3.63) is 36.2 Å². The first-order valence-corrected chi connectivity index (χ1v) is 9.72. The number of methoxy groups -OCH3 is 1. The fourth-order valence-corrected chi connectivity index (χ4v) is 3.52. The smallest absolute Gasteiger partial charge is 0.241 e. The molecule has 0 radical (unpaired) electrons. The Hall–Kier alpha value is -2.83. The molecule has 1 aromatic carbocycles. The van der Waals surface area contributed by atoms with Gasteiger partial charge in [0.05, 0.1) is 19.9 Å². The maximum absolute atomic E-state index is 12.4. The molecule has 0 aliphatic carbocycles. The van der Waals surface area contributed by atoms with Crippen molar-refractivity contribution in [2.75, 3.05) is 26.7 Å². The molecule has 0 unspecified atom stereocenters. The summed E-state index contributed by atoms with van der Waals surface area (Å²) in [4.78, 5) is 25.8. The molecule has 0 saturated carbocycles. The van der Waals surface area contributed by atoms with E-state index in [-0.39, 0.29) is 24.3 Å². The van der Waals surface area contributed by atoms with Crippen LogP contribution in [0, 0.1) is 5.92 Å². The molecular weight excluding hydrogens is 356 g/mol. The third-order valence-electron chi connectivity index (χ3n) is 5.24. The van der Waals surface area contributed by atoms with E-state index in [4.69, 9.17) is 4.74 Å². The van der Waals surface area contributed by atoms with Crippen LogP contribution >= 0.6 is 0 Å². The van der Waals surface area contributed by atoms with Crippen LogP contribution in [0.1, 0.15) is 38.3 Å². The first kappa shape index (κ1) is 19.9. The summed E-state index contributed by atoms with van der Waals surface area (Å²) in [6.07, 6.45) is 3.58. The van der Waals surface area contributed by atoms with E-state index in [2.05, 4.69) is 15.5 Å². The van der Waals surface area contributed by atoms with Gasteiger partial charge in [-0.25, -0.2) is 0 Å². The molecule has 28 heavy (non-hydrogen) atoms. The molecule has 2 N–H and O–H groups in total. The van der Waals surface area contributed by atoms with Crippen LogP contribution in [0.5, 0.6) is 5.75 Å². The number of piperidine rings is 1. The summed E-state index contributed by atoms with van der Waals surface area (Å²) in [5, 5.41) is 10.1. The maximum Gasteiger partial charge on any atom is 0.241 e. The second-order valence-corrected chi connectivity index (χ2v) is 7.46. The van der Waals surface area contributed by atoms with Crippen LogP contribution in [0.4, 0.5) is 0 Å². The lowest BCUT2D eigenvalue weighted by molar-refractivity contribution is -0.134. The Balaban J connectivity index is 1.61. The number of nitrogens with one attached hydrogen (secondary N) is 2. The standard InChI is InChI=1S/C21H28N4O3/c1-14(2)21(27)22-13-19(26)25-9-7-15(8-10-25)20-18(12-23-24-20)16-5-4-6-17(11-16)28-3/h4-6,11-12,14-15H,7-10,13H2,1-3H3,(H,22,27)(H,23,24). The van der Waals surface area contributed by atoms with Gasteiger partial charge >= 0.3 is 0 Å². The molecular formula is C21H28N4O3. The third-order valence-corrected chi connectivity index (χ3v) is 5.24. The Bertz CT molecular complexity index is 823. The fourth-order valence-electron chi connectivity index (χ4n) is 3.52. The summed E-state index contributed by atoms with van der Waals surface area (Å²) in [5.41, 5.74) is 3.25. The SMILES string of the molecule is COc1cccc(-c2cn[nH]c2C2CCN(C(=O)CNC(=O)C(C)C)CC2)c1. The van der Waals surface area contributed by atoms with E-state index in [0.717, 1.165) is 35.4 Å². The first-order chi connectivity index (χ1) is 13.5. The number of aromatic amines is 1. The van der Waals surface area contributed by atoms with Gasteiger partial charge in [0.25, 0.3) is 0 Å². The van der Waals surface area contributed by atoms with E-state index < -0.39 is 0 Å². The van der Waals surface area contributed by atoms with Crippen LogP contribution in [-0.2, 0) is 9.59 Å². The van der Waals surface area contributed by atoms with Gasteiger partial charge in [0, 0.05) is 36.2 Å². The van der Waals surface area contributed by atoms with Gasteiger partial charge in [-0.05, 0) is 30.5 Å². The summed E-state index contributed by atoms with van der Waals surface area (Å²) < 4.78 is 5.33. The van der Waals surface area contributed by atoms with E-state index >= 15 is 0 Å². The Morgan fingerprint density at radius 2 is 2.07 bits per heavy atom. The summed E-state index contributed by atoms with van der Waals surface area (Å²) >= 11 is 0. The van der Waals surface area contributed by atoms with Crippen molar-refractivity contribution >= 4 is 11.8 Å². The van der Waals surface area contributed by atoms with Crippen LogP contribution in [0.2, 0.25) is 0 Å². The number of aromatic nitrogens is 2. The highest BCUT2D eigenvalue weighted by Crippen LogP contribution is 2.34. The van der Waals surface area contributed by atoms with E-state index in [9.17, 15) is 9.59 Å². The topological polar surface area (TPSA) is 87.3 Å². The van der Waals surface area contributed by atoms with Crippen molar-refractivity contribution < 1.29 is 14.3 Å². The van der Waals surface area contributed by atoms with Gasteiger partial charge in [-0.2, -0.15) is 5.10 Å². The number of likely N-dealkylation sites (tertiary alicyclic amines) is 1. The Morgan fingerprint density at radius 1 is 1.32 bits per heavy atom. The minimum absolute atomic E-state index is 0.0231. The Kier molecular flexibility index (Phi) is 6.34. The van der Waals surface area contributed by atoms with Gasteiger partial charge in [-0.1, -0.05) is 26.0 Å². The molecule has 1 saturated heterocycles. The quantitative estimate of drug-likeness (QED) is 0.801. The van der Waals surface area contributed by atoms with Gasteiger partial charge in [-0.3, -0.25) is 14.7 Å². The average Bonchev–Trinajstić information content (AvgIpc) is 3.21. The second-order valence-electron chi connectivity index (χ2n) is 7.46. The summed E-state index contributed by atoms with van der Waals surface area (Å²) in [7, 11) is 1.66. The number of ether oxygens (including phenoxy) is 1. The lowest BCUT2D eigenvalue weighted by Gasteiger charge is -2.32. The monoisotopic (exact) mass is 384 g/mol. The van der Waals surface area contributed by atoms with E-state index in [1.165, 1.54) is 0 Å². The number of carbonyl (C=O) groups excluding carboxylic acids is 2. The lowest BCUT2D eigenvalue weighted by atomic mass is 9.89. The summed E-state index contributed by atoms with van der Waals surface area (Å²) in [6, 6.07) is 7.94. The molecule has 0 bridgehead atoms. The zero-order chi connectivity index (χ0) is 20.1. The molecule has 1 aliphatic heterocycles. The van der Waals surface area contributed by atoms with E-state index in [1.807, 2.05) is 49.2 Å². The zero-order valence-corrected chi connectivity index (χ0v) is 16.7. The predicted molar refractivity (Wildman–Crippen MR) is 107 cm³/mol. The fraction of sp³-hybridized carbons (Fsp3) is 0.476. The number of H-pyrrole nitrogens is 1. The number of benzene rings is 1. The zero-order valence-electron chi connectivity index (χ0n) is 16.7. The minimum atomic E-state index is -0.117. The number of hydrogen-bond acceptors (Lipinski definition) is 4. The highest BCUT2D eigenvalue weighted by Gasteiger charge is 2.27. The van der Waals surface area contributed by atoms with Crippen LogP contribution in [0.15, 0.2) is 30.5 Å². The normalized spacial score (nSPS) is 14.9. The highest BCUT2D eigenvalue weighted by atomic mass is 16.5. The van der Waals surface area contributed by atoms with Crippen molar-refractivity contribution in [1.82, 2.24) is 20.4 Å². The highest BCUT2D eigenvalue weighted by molar-refractivity contribution is 5.85. The Morgan fingerprint density at radius 3 is 2.75 bits per heavy atom. The molecule has 7 heteroatoms. The van der Waals surface area contributed by atoms with Crippen molar-refractivity contribution in [2.45, 2.75) is 32.6 Å². The largest absolute Gasteiger partial charge is 0.497 e. The number of nitrogens with zero attached hydrogens (tertiary/aromatic N) is 2. The molecule has 0 atom stereocenters. The molecule has 2 amide bonds. The molecule has 1 aliphatic rings. The molecule has 0 spiro atoms. The number of carbonyl (C=O) groups is 2. The van der Waals surface area contributed by atoms with Crippen molar-refractivity contribution in [3.63, 3.8) is 0 Å². The number of rotatable bonds is 6. The molecule has 1 aromatic heterocycles. The minimum Gasteiger partial charge on any atom is -0.497 e. The number of hydrogen-bond donors (Lipinski definition) is 2. The average molecular weight is 384 g/mol. The van der Waals surface area contributed by atoms with E-state index in [1.54, 1.807) is 7.11 Å². The molecule has 2 heterocycles. The molecule has 3 rings (SSSR count). The van der Waals surface area contributed by atoms with Gasteiger partial charge < -0.3 is 15.0 Å². The van der Waals surface area contributed by atoms with Gasteiger partial charge in [0.1, 0.15) is 5.75 Å². The Labute approximate surface area is 165 Å². The third kappa shape index (κ3) is 4.52. The molecule has 7 nitrogen and oxygen atoms in total.